The number of aliphatic hydroxyl groups is 1. The van der Waals surface area contributed by atoms with Crippen LogP contribution in [0, 0.1) is 0 Å². The minimum atomic E-state index is -3.71. The van der Waals surface area contributed by atoms with Crippen molar-refractivity contribution in [2.24, 2.45) is 0 Å². The summed E-state index contributed by atoms with van der Waals surface area (Å²) in [6, 6.07) is 18.9. The van der Waals surface area contributed by atoms with Gasteiger partial charge < -0.3 is 25.0 Å². The van der Waals surface area contributed by atoms with Gasteiger partial charge in [-0.15, -0.1) is 0 Å². The van der Waals surface area contributed by atoms with E-state index in [1.165, 1.54) is 12.1 Å². The molecule has 0 radical (unpaired) electrons. The third kappa shape index (κ3) is 8.78. The van der Waals surface area contributed by atoms with Crippen LogP contribution in [0.4, 0.5) is 0 Å². The van der Waals surface area contributed by atoms with Crippen LogP contribution in [-0.4, -0.2) is 56.6 Å². The molecule has 1 amide bonds. The Morgan fingerprint density at radius 3 is 2.35 bits per heavy atom. The minimum absolute atomic E-state index is 0.111. The van der Waals surface area contributed by atoms with E-state index in [2.05, 4.69) is 5.32 Å². The lowest BCUT2D eigenvalue weighted by Crippen LogP contribution is -2.30. The number of ether oxygens (including phenoxy) is 2. The van der Waals surface area contributed by atoms with Crippen molar-refractivity contribution < 1.29 is 32.9 Å². The molecule has 0 spiro atoms. The fourth-order valence-corrected chi connectivity index (χ4v) is 3.98. The zero-order valence-electron chi connectivity index (χ0n) is 21.0. The maximum Gasteiger partial charge on any atom is 0.268 e. The van der Waals surface area contributed by atoms with E-state index in [-0.39, 0.29) is 23.2 Å². The average Bonchev–Trinajstić information content (AvgIpc) is 2.82. The van der Waals surface area contributed by atoms with Crippen molar-refractivity contribution in [3.8, 4) is 28.4 Å². The first-order chi connectivity index (χ1) is 17.5. The van der Waals surface area contributed by atoms with Crippen LogP contribution in [-0.2, 0) is 10.0 Å². The predicted octanol–water partition coefficient (Wildman–Crippen LogP) is 3.24. The number of benzene rings is 3. The van der Waals surface area contributed by atoms with E-state index in [0.717, 1.165) is 17.4 Å². The number of phenols is 1. The fourth-order valence-electron chi connectivity index (χ4n) is 3.54. The lowest BCUT2D eigenvalue weighted by Gasteiger charge is -2.16. The van der Waals surface area contributed by atoms with Crippen molar-refractivity contribution >= 4 is 15.9 Å². The monoisotopic (exact) mass is 528 g/mol. The van der Waals surface area contributed by atoms with Gasteiger partial charge >= 0.3 is 0 Å². The maximum absolute atomic E-state index is 12.4. The maximum atomic E-state index is 12.4. The molecule has 0 fully saturated rings. The summed E-state index contributed by atoms with van der Waals surface area (Å²) in [5, 5.41) is 22.8. The number of sulfonamides is 1. The summed E-state index contributed by atoms with van der Waals surface area (Å²) in [7, 11) is -3.71. The lowest BCUT2D eigenvalue weighted by atomic mass is 10.0. The highest BCUT2D eigenvalue weighted by Crippen LogP contribution is 2.29. The van der Waals surface area contributed by atoms with Crippen LogP contribution >= 0.6 is 0 Å². The molecular formula is C27H32N2O7S. The second kappa shape index (κ2) is 12.6. The number of nitrogens with one attached hydrogen (secondary N) is 2. The number of phenolic OH excluding ortho intramolecular Hbond substituents is 1. The standard InChI is InChI=1S/C27H32N2O7S/c1-18(2)36-26-16-20(9-12-24(26)27(32)29-37(3,33)34)19-7-10-23(11-8-19)35-14-13-28-17-25(31)21-5-4-6-22(30)15-21/h4-12,15-16,18,25,28,30-31H,13-14,17H2,1-3H3,(H,29,32)/t25-/m0/s1. The molecule has 3 aromatic rings. The molecule has 0 aromatic heterocycles. The van der Waals surface area contributed by atoms with E-state index in [4.69, 9.17) is 9.47 Å². The quantitative estimate of drug-likeness (QED) is 0.263. The second-order valence-corrected chi connectivity index (χ2v) is 10.5. The van der Waals surface area contributed by atoms with Gasteiger partial charge in [-0.05, 0) is 66.9 Å². The first-order valence-corrected chi connectivity index (χ1v) is 13.6. The average molecular weight is 529 g/mol. The smallest absolute Gasteiger partial charge is 0.268 e. The third-order valence-electron chi connectivity index (χ3n) is 5.19. The third-order valence-corrected chi connectivity index (χ3v) is 5.75. The number of hydrogen-bond acceptors (Lipinski definition) is 8. The van der Waals surface area contributed by atoms with E-state index in [0.29, 0.717) is 31.0 Å². The molecule has 0 unspecified atom stereocenters. The van der Waals surface area contributed by atoms with Crippen LogP contribution in [0.15, 0.2) is 66.7 Å². The van der Waals surface area contributed by atoms with E-state index < -0.39 is 22.0 Å². The van der Waals surface area contributed by atoms with Gasteiger partial charge in [0, 0.05) is 13.1 Å². The number of rotatable bonds is 12. The Kier molecular flexibility index (Phi) is 9.51. The van der Waals surface area contributed by atoms with Gasteiger partial charge in [0.2, 0.25) is 10.0 Å². The van der Waals surface area contributed by atoms with Crippen LogP contribution in [0.1, 0.15) is 35.9 Å². The second-order valence-electron chi connectivity index (χ2n) is 8.77. The molecule has 0 heterocycles. The van der Waals surface area contributed by atoms with Crippen LogP contribution in [0.2, 0.25) is 0 Å². The van der Waals surface area contributed by atoms with Gasteiger partial charge in [0.1, 0.15) is 23.9 Å². The van der Waals surface area contributed by atoms with Gasteiger partial charge in [0.15, 0.2) is 0 Å². The molecule has 0 saturated carbocycles. The Labute approximate surface area is 217 Å². The van der Waals surface area contributed by atoms with Crippen molar-refractivity contribution in [2.45, 2.75) is 26.1 Å². The van der Waals surface area contributed by atoms with Crippen molar-refractivity contribution in [3.05, 3.63) is 77.9 Å². The Bertz CT molecular complexity index is 1310. The Morgan fingerprint density at radius 2 is 1.70 bits per heavy atom. The molecule has 0 aliphatic heterocycles. The zero-order valence-corrected chi connectivity index (χ0v) is 21.8. The molecule has 3 rings (SSSR count). The van der Waals surface area contributed by atoms with Crippen molar-refractivity contribution in [1.82, 2.24) is 10.0 Å². The van der Waals surface area contributed by atoms with Gasteiger partial charge in [-0.1, -0.05) is 30.3 Å². The van der Waals surface area contributed by atoms with Crippen LogP contribution in [0.5, 0.6) is 17.2 Å². The minimum Gasteiger partial charge on any atom is -0.508 e. The molecule has 0 aliphatic carbocycles. The Balaban J connectivity index is 1.57. The van der Waals surface area contributed by atoms with E-state index >= 15 is 0 Å². The highest BCUT2D eigenvalue weighted by atomic mass is 32.2. The van der Waals surface area contributed by atoms with Gasteiger partial charge in [-0.25, -0.2) is 13.1 Å². The number of carbonyl (C=O) groups excluding carboxylic acids is 1. The topological polar surface area (TPSA) is 134 Å². The highest BCUT2D eigenvalue weighted by Gasteiger charge is 2.18. The number of hydrogen-bond donors (Lipinski definition) is 4. The van der Waals surface area contributed by atoms with Crippen LogP contribution in [0.3, 0.4) is 0 Å². The summed E-state index contributed by atoms with van der Waals surface area (Å²) in [5.74, 6) is 0.312. The van der Waals surface area contributed by atoms with E-state index in [9.17, 15) is 23.4 Å². The normalized spacial score (nSPS) is 12.2. The van der Waals surface area contributed by atoms with Gasteiger partial charge in [-0.3, -0.25) is 4.79 Å². The summed E-state index contributed by atoms with van der Waals surface area (Å²) in [6.07, 6.45) is -0.0345. The van der Waals surface area contributed by atoms with Crippen molar-refractivity contribution in [2.75, 3.05) is 26.0 Å². The number of carbonyl (C=O) groups is 1. The van der Waals surface area contributed by atoms with Gasteiger partial charge in [-0.2, -0.15) is 0 Å². The molecule has 198 valence electrons. The molecule has 0 bridgehead atoms. The Hall–Kier alpha value is -3.60. The number of aromatic hydroxyl groups is 1. The molecule has 1 atom stereocenters. The summed E-state index contributed by atoms with van der Waals surface area (Å²) in [5.41, 5.74) is 2.42. The first kappa shape index (κ1) is 28.0. The van der Waals surface area contributed by atoms with Crippen LogP contribution < -0.4 is 19.5 Å². The summed E-state index contributed by atoms with van der Waals surface area (Å²) in [4.78, 5) is 12.4. The predicted molar refractivity (Wildman–Crippen MR) is 141 cm³/mol. The van der Waals surface area contributed by atoms with Crippen LogP contribution in [0.25, 0.3) is 11.1 Å². The van der Waals surface area contributed by atoms with Gasteiger partial charge in [0.25, 0.3) is 5.91 Å². The van der Waals surface area contributed by atoms with Gasteiger partial charge in [0.05, 0.1) is 24.0 Å². The fraction of sp³-hybridized carbons (Fsp3) is 0.296. The molecule has 10 heteroatoms. The number of aliphatic hydroxyl groups excluding tert-OH is 1. The molecule has 9 nitrogen and oxygen atoms in total. The first-order valence-electron chi connectivity index (χ1n) is 11.8. The summed E-state index contributed by atoms with van der Waals surface area (Å²) in [6.45, 7) is 4.87. The molecule has 37 heavy (non-hydrogen) atoms. The van der Waals surface area contributed by atoms with E-state index in [1.807, 2.05) is 42.8 Å². The molecule has 0 aliphatic rings. The SMILES string of the molecule is CC(C)Oc1cc(-c2ccc(OCCNC[C@H](O)c3cccc(O)c3)cc2)ccc1C(=O)NS(C)(=O)=O. The van der Waals surface area contributed by atoms with Crippen molar-refractivity contribution in [1.29, 1.82) is 0 Å². The summed E-state index contributed by atoms with van der Waals surface area (Å²) >= 11 is 0. The zero-order chi connectivity index (χ0) is 27.0. The Morgan fingerprint density at radius 1 is 1.00 bits per heavy atom. The lowest BCUT2D eigenvalue weighted by molar-refractivity contribution is 0.0976. The molecule has 3 aromatic carbocycles. The summed E-state index contributed by atoms with van der Waals surface area (Å²) < 4.78 is 36.4. The van der Waals surface area contributed by atoms with E-state index in [1.54, 1.807) is 30.3 Å². The molecular weight excluding hydrogens is 496 g/mol. The number of amides is 1. The molecule has 4 N–H and O–H groups in total. The molecule has 0 saturated heterocycles. The highest BCUT2D eigenvalue weighted by molar-refractivity contribution is 7.89. The largest absolute Gasteiger partial charge is 0.508 e. The van der Waals surface area contributed by atoms with Crippen molar-refractivity contribution in [3.63, 3.8) is 0 Å².